The second kappa shape index (κ2) is 11.4. The van der Waals surface area contributed by atoms with E-state index in [4.69, 9.17) is 0 Å². The van der Waals surface area contributed by atoms with Crippen LogP contribution < -0.4 is 4.90 Å². The first kappa shape index (κ1) is 27.5. The van der Waals surface area contributed by atoms with Gasteiger partial charge in [0, 0.05) is 22.5 Å². The van der Waals surface area contributed by atoms with Crippen LogP contribution in [0, 0.1) is 6.92 Å². The molecule has 3 aromatic rings. The van der Waals surface area contributed by atoms with Crippen LogP contribution in [0.1, 0.15) is 83.1 Å². The van der Waals surface area contributed by atoms with Gasteiger partial charge < -0.3 is 4.90 Å². The fraction of sp³-hybridized carbons (Fsp3) is 0.297. The van der Waals surface area contributed by atoms with Crippen LogP contribution in [0.5, 0.6) is 0 Å². The molecule has 0 saturated carbocycles. The molecule has 0 aromatic heterocycles. The molecule has 0 amide bonds. The van der Waals surface area contributed by atoms with Crippen molar-refractivity contribution in [2.75, 3.05) is 4.90 Å². The van der Waals surface area contributed by atoms with E-state index in [2.05, 4.69) is 125 Å². The Morgan fingerprint density at radius 2 is 1.47 bits per heavy atom. The number of rotatable bonds is 6. The van der Waals surface area contributed by atoms with Crippen molar-refractivity contribution in [3.63, 3.8) is 0 Å². The third kappa shape index (κ3) is 5.07. The number of nitrogens with zero attached hydrogens (tertiary/aromatic N) is 1. The highest BCUT2D eigenvalue weighted by molar-refractivity contribution is 5.84. The number of fused-ring (bicyclic) bond motifs is 3. The lowest BCUT2D eigenvalue weighted by Crippen LogP contribution is -2.20. The van der Waals surface area contributed by atoms with E-state index in [9.17, 15) is 0 Å². The normalized spacial score (nSPS) is 15.4. The average Bonchev–Trinajstić information content (AvgIpc) is 3.16. The van der Waals surface area contributed by atoms with Gasteiger partial charge >= 0.3 is 0 Å². The van der Waals surface area contributed by atoms with Gasteiger partial charge in [0.2, 0.25) is 0 Å². The van der Waals surface area contributed by atoms with Gasteiger partial charge in [0.15, 0.2) is 0 Å². The summed E-state index contributed by atoms with van der Waals surface area (Å²) in [5.74, 6) is 0. The molecule has 38 heavy (non-hydrogen) atoms. The molecule has 0 aliphatic heterocycles. The van der Waals surface area contributed by atoms with E-state index in [0.717, 1.165) is 19.3 Å². The molecule has 0 fully saturated rings. The van der Waals surface area contributed by atoms with Crippen molar-refractivity contribution in [2.45, 2.75) is 73.1 Å². The number of anilines is 2. The maximum atomic E-state index is 4.02. The predicted molar refractivity (Wildman–Crippen MR) is 168 cm³/mol. The van der Waals surface area contributed by atoms with Gasteiger partial charge in [0.05, 0.1) is 0 Å². The van der Waals surface area contributed by atoms with Crippen LogP contribution in [-0.4, -0.2) is 0 Å². The molecule has 0 N–H and O–H groups in total. The summed E-state index contributed by atoms with van der Waals surface area (Å²) >= 11 is 0. The number of allylic oxidation sites excluding steroid dienone is 7. The van der Waals surface area contributed by atoms with Crippen LogP contribution in [0.4, 0.5) is 11.4 Å². The highest BCUT2D eigenvalue weighted by atomic mass is 15.1. The molecule has 5 rings (SSSR count). The van der Waals surface area contributed by atoms with Gasteiger partial charge in [-0.25, -0.2) is 0 Å². The molecular formula is C37H43N. The average molecular weight is 502 g/mol. The molecule has 3 aromatic carbocycles. The molecule has 0 radical (unpaired) electrons. The predicted octanol–water partition coefficient (Wildman–Crippen LogP) is 11.1. The quantitative estimate of drug-likeness (QED) is 0.304. The summed E-state index contributed by atoms with van der Waals surface area (Å²) < 4.78 is 0. The van der Waals surface area contributed by atoms with Crippen LogP contribution in [0.25, 0.3) is 16.7 Å². The second-order valence-electron chi connectivity index (χ2n) is 10.7. The third-order valence-corrected chi connectivity index (χ3v) is 7.80. The maximum Gasteiger partial charge on any atom is 0.0461 e. The van der Waals surface area contributed by atoms with E-state index in [1.165, 1.54) is 61.6 Å². The standard InChI is InChI=1S/C35H37N.C2H6/c1-7-9-26(8-2)27-13-17-29(18-14-27)36(28-15-10-24(3)11-16-28)30-19-21-32-31-20-12-25(4)22-33(31)35(5,6)34(32)23-30;1-2/h8-10,12-15,17-23H,2,7,11,16H2,1,3-6H3;1-2H3/b26-9+;. The summed E-state index contributed by atoms with van der Waals surface area (Å²) in [7, 11) is 0. The molecule has 0 unspecified atom stereocenters. The molecule has 196 valence electrons. The first-order valence-corrected chi connectivity index (χ1v) is 14.2. The van der Waals surface area contributed by atoms with Crippen LogP contribution in [0.3, 0.4) is 0 Å². The SMILES string of the molecule is C=C/C(=C\CC)c1ccc(N(C2=CC=C(C)CC2)c2ccc3c(c2)C(C)(C)c2cc(C)ccc2-3)cc1.CC. The summed E-state index contributed by atoms with van der Waals surface area (Å²) in [4.78, 5) is 2.45. The van der Waals surface area contributed by atoms with E-state index in [1.54, 1.807) is 0 Å². The van der Waals surface area contributed by atoms with Crippen LogP contribution in [0.15, 0.2) is 103 Å². The van der Waals surface area contributed by atoms with E-state index >= 15 is 0 Å². The van der Waals surface area contributed by atoms with Crippen molar-refractivity contribution in [1.82, 2.24) is 0 Å². The maximum absolute atomic E-state index is 4.02. The summed E-state index contributed by atoms with van der Waals surface area (Å²) in [5.41, 5.74) is 14.5. The van der Waals surface area contributed by atoms with E-state index < -0.39 is 0 Å². The zero-order valence-corrected chi connectivity index (χ0v) is 24.4. The Hall–Kier alpha value is -3.58. The van der Waals surface area contributed by atoms with Crippen molar-refractivity contribution in [2.24, 2.45) is 0 Å². The van der Waals surface area contributed by atoms with Gasteiger partial charge in [-0.05, 0) is 96.8 Å². The van der Waals surface area contributed by atoms with Crippen molar-refractivity contribution < 1.29 is 0 Å². The topological polar surface area (TPSA) is 3.24 Å². The molecule has 0 atom stereocenters. The minimum Gasteiger partial charge on any atom is -0.314 e. The molecule has 2 aliphatic rings. The Bertz CT molecular complexity index is 1410. The Kier molecular flexibility index (Phi) is 8.26. The van der Waals surface area contributed by atoms with Crippen molar-refractivity contribution >= 4 is 16.9 Å². The Morgan fingerprint density at radius 1 is 0.842 bits per heavy atom. The van der Waals surface area contributed by atoms with Crippen molar-refractivity contribution in [1.29, 1.82) is 0 Å². The van der Waals surface area contributed by atoms with Gasteiger partial charge in [0.25, 0.3) is 0 Å². The number of hydrogen-bond donors (Lipinski definition) is 0. The van der Waals surface area contributed by atoms with Gasteiger partial charge in [-0.3, -0.25) is 0 Å². The fourth-order valence-electron chi connectivity index (χ4n) is 5.72. The molecule has 0 heterocycles. The van der Waals surface area contributed by atoms with Crippen molar-refractivity contribution in [3.05, 3.63) is 125 Å². The first-order valence-electron chi connectivity index (χ1n) is 14.2. The number of hydrogen-bond acceptors (Lipinski definition) is 1. The summed E-state index contributed by atoms with van der Waals surface area (Å²) in [5, 5.41) is 0. The third-order valence-electron chi connectivity index (χ3n) is 7.80. The number of aryl methyl sites for hydroxylation is 1. The first-order chi connectivity index (χ1) is 18.3. The summed E-state index contributed by atoms with van der Waals surface area (Å²) in [6.45, 7) is 19.3. The minimum atomic E-state index is -0.0243. The molecule has 0 saturated heterocycles. The van der Waals surface area contributed by atoms with Crippen molar-refractivity contribution in [3.8, 4) is 11.1 Å². The monoisotopic (exact) mass is 501 g/mol. The number of benzene rings is 3. The Labute approximate surface area is 230 Å². The lowest BCUT2D eigenvalue weighted by molar-refractivity contribution is 0.659. The highest BCUT2D eigenvalue weighted by Gasteiger charge is 2.36. The minimum absolute atomic E-state index is 0.0243. The smallest absolute Gasteiger partial charge is 0.0461 e. The highest BCUT2D eigenvalue weighted by Crippen LogP contribution is 2.50. The lowest BCUT2D eigenvalue weighted by atomic mass is 9.82. The van der Waals surface area contributed by atoms with E-state index in [-0.39, 0.29) is 5.41 Å². The van der Waals surface area contributed by atoms with Gasteiger partial charge in [-0.2, -0.15) is 0 Å². The Balaban J connectivity index is 0.00000164. The zero-order valence-electron chi connectivity index (χ0n) is 24.4. The van der Waals surface area contributed by atoms with Crippen LogP contribution in [0.2, 0.25) is 0 Å². The molecule has 2 aliphatic carbocycles. The van der Waals surface area contributed by atoms with Gasteiger partial charge in [-0.1, -0.05) is 107 Å². The molecule has 0 spiro atoms. The fourth-order valence-corrected chi connectivity index (χ4v) is 5.72. The molecule has 1 heteroatoms. The molecule has 0 bridgehead atoms. The largest absolute Gasteiger partial charge is 0.314 e. The summed E-state index contributed by atoms with van der Waals surface area (Å²) in [6.07, 6.45) is 11.9. The van der Waals surface area contributed by atoms with Gasteiger partial charge in [0.1, 0.15) is 0 Å². The van der Waals surface area contributed by atoms with E-state index in [1.807, 2.05) is 19.9 Å². The zero-order chi connectivity index (χ0) is 27.4. The van der Waals surface area contributed by atoms with Gasteiger partial charge in [-0.15, -0.1) is 0 Å². The van der Waals surface area contributed by atoms with Crippen LogP contribution >= 0.6 is 0 Å². The second-order valence-corrected chi connectivity index (χ2v) is 10.7. The van der Waals surface area contributed by atoms with E-state index in [0.29, 0.717) is 0 Å². The molecule has 1 nitrogen and oxygen atoms in total. The van der Waals surface area contributed by atoms with Crippen LogP contribution in [-0.2, 0) is 5.41 Å². The lowest BCUT2D eigenvalue weighted by Gasteiger charge is -2.31. The Morgan fingerprint density at radius 3 is 2.08 bits per heavy atom. The molecular weight excluding hydrogens is 458 g/mol. The summed E-state index contributed by atoms with van der Waals surface area (Å²) in [6, 6.07) is 22.9.